The van der Waals surface area contributed by atoms with Gasteiger partial charge >= 0.3 is 0 Å². The number of nitro benzene ring substituents is 1. The number of amides is 2. The number of nitro groups is 1. The third kappa shape index (κ3) is 5.03. The number of para-hydroxylation sites is 1. The van der Waals surface area contributed by atoms with E-state index in [4.69, 9.17) is 11.6 Å². The Balaban J connectivity index is 2.16. The van der Waals surface area contributed by atoms with Crippen molar-refractivity contribution in [3.05, 3.63) is 68.7 Å². The van der Waals surface area contributed by atoms with Crippen molar-refractivity contribution in [2.75, 3.05) is 5.32 Å². The monoisotopic (exact) mass is 375 g/mol. The Bertz CT molecular complexity index is 852. The highest BCUT2D eigenvalue weighted by Gasteiger charge is 2.17. The van der Waals surface area contributed by atoms with Crippen LogP contribution in [0.3, 0.4) is 0 Å². The number of anilines is 1. The van der Waals surface area contributed by atoms with Crippen LogP contribution in [0.2, 0.25) is 5.02 Å². The van der Waals surface area contributed by atoms with Crippen LogP contribution in [0.25, 0.3) is 0 Å². The molecule has 0 bridgehead atoms. The van der Waals surface area contributed by atoms with Gasteiger partial charge in [0.15, 0.2) is 0 Å². The minimum atomic E-state index is -0.535. The van der Waals surface area contributed by atoms with Crippen molar-refractivity contribution in [2.45, 2.75) is 26.3 Å². The largest absolute Gasteiger partial charge is 0.350 e. The number of carbonyl (C=O) groups excluding carboxylic acids is 2. The maximum atomic E-state index is 12.3. The molecule has 0 saturated carbocycles. The summed E-state index contributed by atoms with van der Waals surface area (Å²) in [4.78, 5) is 34.8. The minimum Gasteiger partial charge on any atom is -0.350 e. The molecule has 0 spiro atoms. The van der Waals surface area contributed by atoms with E-state index in [1.165, 1.54) is 30.3 Å². The molecule has 2 amide bonds. The molecular formula is C18H18ClN3O4. The van der Waals surface area contributed by atoms with E-state index in [2.05, 4.69) is 10.6 Å². The number of hydrogen-bond acceptors (Lipinski definition) is 4. The number of benzene rings is 2. The van der Waals surface area contributed by atoms with Gasteiger partial charge in [-0.2, -0.15) is 0 Å². The van der Waals surface area contributed by atoms with Crippen LogP contribution in [0.15, 0.2) is 42.5 Å². The van der Waals surface area contributed by atoms with Gasteiger partial charge in [-0.15, -0.1) is 0 Å². The van der Waals surface area contributed by atoms with Crippen molar-refractivity contribution in [3.63, 3.8) is 0 Å². The average Bonchev–Trinajstić information content (AvgIpc) is 2.56. The summed E-state index contributed by atoms with van der Waals surface area (Å²) in [6.45, 7) is 3.67. The molecule has 0 aliphatic carbocycles. The van der Waals surface area contributed by atoms with Crippen molar-refractivity contribution >= 4 is 34.8 Å². The number of hydrogen-bond donors (Lipinski definition) is 2. The summed E-state index contributed by atoms with van der Waals surface area (Å²) >= 11 is 6.08. The van der Waals surface area contributed by atoms with E-state index >= 15 is 0 Å². The fourth-order valence-electron chi connectivity index (χ4n) is 2.31. The van der Waals surface area contributed by atoms with Gasteiger partial charge in [-0.25, -0.2) is 0 Å². The van der Waals surface area contributed by atoms with Gasteiger partial charge in [-0.1, -0.05) is 29.8 Å². The first-order valence-corrected chi connectivity index (χ1v) is 8.28. The SMILES string of the molecule is CC(C)NC(=O)c1ccc(Cl)c(NC(=O)Cc2ccccc2[N+](=O)[O-])c1. The van der Waals surface area contributed by atoms with Gasteiger partial charge in [0.2, 0.25) is 5.91 Å². The van der Waals surface area contributed by atoms with Gasteiger partial charge in [0.05, 0.1) is 22.1 Å². The number of carbonyl (C=O) groups is 2. The molecule has 2 rings (SSSR count). The molecule has 0 saturated heterocycles. The molecular weight excluding hydrogens is 358 g/mol. The van der Waals surface area contributed by atoms with Crippen LogP contribution in [0.1, 0.15) is 29.8 Å². The van der Waals surface area contributed by atoms with Crippen LogP contribution < -0.4 is 10.6 Å². The first-order chi connectivity index (χ1) is 12.3. The van der Waals surface area contributed by atoms with E-state index in [0.29, 0.717) is 11.1 Å². The third-order valence-electron chi connectivity index (χ3n) is 3.46. The molecule has 2 aromatic rings. The summed E-state index contributed by atoms with van der Waals surface area (Å²) in [6.07, 6.45) is -0.185. The Morgan fingerprint density at radius 1 is 1.19 bits per heavy atom. The molecule has 0 aliphatic heterocycles. The van der Waals surface area contributed by atoms with Gasteiger partial charge in [0, 0.05) is 23.2 Å². The van der Waals surface area contributed by atoms with Crippen LogP contribution in [0.4, 0.5) is 11.4 Å². The third-order valence-corrected chi connectivity index (χ3v) is 3.79. The Morgan fingerprint density at radius 2 is 1.88 bits per heavy atom. The minimum absolute atomic E-state index is 0.0325. The number of rotatable bonds is 6. The van der Waals surface area contributed by atoms with Gasteiger partial charge in [-0.05, 0) is 32.0 Å². The molecule has 0 radical (unpaired) electrons. The number of nitrogens with one attached hydrogen (secondary N) is 2. The van der Waals surface area contributed by atoms with Crippen molar-refractivity contribution in [1.29, 1.82) is 0 Å². The summed E-state index contributed by atoms with van der Waals surface area (Å²) in [6, 6.07) is 10.5. The predicted octanol–water partition coefficient (Wildman–Crippen LogP) is 3.57. The normalized spacial score (nSPS) is 10.5. The molecule has 0 unspecified atom stereocenters. The molecule has 2 aromatic carbocycles. The van der Waals surface area contributed by atoms with Gasteiger partial charge in [0.25, 0.3) is 11.6 Å². The van der Waals surface area contributed by atoms with Crippen LogP contribution in [0.5, 0.6) is 0 Å². The van der Waals surface area contributed by atoms with E-state index in [-0.39, 0.29) is 34.8 Å². The Labute approximate surface area is 155 Å². The van der Waals surface area contributed by atoms with E-state index in [9.17, 15) is 19.7 Å². The molecule has 0 atom stereocenters. The fraction of sp³-hybridized carbons (Fsp3) is 0.222. The molecule has 7 nitrogen and oxygen atoms in total. The highest BCUT2D eigenvalue weighted by atomic mass is 35.5. The molecule has 2 N–H and O–H groups in total. The van der Waals surface area contributed by atoms with Crippen LogP contribution in [-0.4, -0.2) is 22.8 Å². The second-order valence-corrected chi connectivity index (χ2v) is 6.34. The Hall–Kier alpha value is -2.93. The fourth-order valence-corrected chi connectivity index (χ4v) is 2.48. The predicted molar refractivity (Wildman–Crippen MR) is 99.5 cm³/mol. The van der Waals surface area contributed by atoms with E-state index < -0.39 is 10.8 Å². The zero-order valence-corrected chi connectivity index (χ0v) is 15.0. The van der Waals surface area contributed by atoms with E-state index in [1.54, 1.807) is 12.1 Å². The van der Waals surface area contributed by atoms with Crippen molar-refractivity contribution < 1.29 is 14.5 Å². The zero-order chi connectivity index (χ0) is 19.3. The highest BCUT2D eigenvalue weighted by molar-refractivity contribution is 6.33. The van der Waals surface area contributed by atoms with Crippen LogP contribution in [-0.2, 0) is 11.2 Å². The van der Waals surface area contributed by atoms with Crippen molar-refractivity contribution in [2.24, 2.45) is 0 Å². The lowest BCUT2D eigenvalue weighted by atomic mass is 10.1. The quantitative estimate of drug-likeness (QED) is 0.595. The van der Waals surface area contributed by atoms with Gasteiger partial charge < -0.3 is 10.6 Å². The molecule has 0 heterocycles. The molecule has 0 aromatic heterocycles. The van der Waals surface area contributed by atoms with Crippen LogP contribution >= 0.6 is 11.6 Å². The topological polar surface area (TPSA) is 101 Å². The summed E-state index contributed by atoms with van der Waals surface area (Å²) < 4.78 is 0. The Morgan fingerprint density at radius 3 is 2.54 bits per heavy atom. The molecule has 0 fully saturated rings. The maximum absolute atomic E-state index is 12.3. The van der Waals surface area contributed by atoms with Crippen molar-refractivity contribution in [1.82, 2.24) is 5.32 Å². The lowest BCUT2D eigenvalue weighted by Gasteiger charge is -2.11. The van der Waals surface area contributed by atoms with Gasteiger partial charge in [0.1, 0.15) is 0 Å². The molecule has 26 heavy (non-hydrogen) atoms. The van der Waals surface area contributed by atoms with Crippen LogP contribution in [0, 0.1) is 10.1 Å². The average molecular weight is 376 g/mol. The number of nitrogens with zero attached hydrogens (tertiary/aromatic N) is 1. The summed E-state index contributed by atoms with van der Waals surface area (Å²) in [5.74, 6) is -0.756. The first kappa shape index (κ1) is 19.4. The second-order valence-electron chi connectivity index (χ2n) is 5.93. The first-order valence-electron chi connectivity index (χ1n) is 7.90. The Kier molecular flexibility index (Phi) is 6.30. The van der Waals surface area contributed by atoms with Gasteiger partial charge in [-0.3, -0.25) is 19.7 Å². The lowest BCUT2D eigenvalue weighted by molar-refractivity contribution is -0.385. The standard InChI is InChI=1S/C18H18ClN3O4/c1-11(2)20-18(24)13-7-8-14(19)15(9-13)21-17(23)10-12-5-3-4-6-16(12)22(25)26/h3-9,11H,10H2,1-2H3,(H,20,24)(H,21,23). The smallest absolute Gasteiger partial charge is 0.273 e. The molecule has 8 heteroatoms. The zero-order valence-electron chi connectivity index (χ0n) is 14.3. The van der Waals surface area contributed by atoms with E-state index in [0.717, 1.165) is 0 Å². The van der Waals surface area contributed by atoms with E-state index in [1.807, 2.05) is 13.8 Å². The maximum Gasteiger partial charge on any atom is 0.273 e. The lowest BCUT2D eigenvalue weighted by Crippen LogP contribution is -2.30. The summed E-state index contributed by atoms with van der Waals surface area (Å²) in [7, 11) is 0. The molecule has 136 valence electrons. The summed E-state index contributed by atoms with van der Waals surface area (Å²) in [5, 5.41) is 16.6. The highest BCUT2D eigenvalue weighted by Crippen LogP contribution is 2.24. The number of halogens is 1. The van der Waals surface area contributed by atoms with Crippen molar-refractivity contribution in [3.8, 4) is 0 Å². The second kappa shape index (κ2) is 8.44. The summed E-state index contributed by atoms with van der Waals surface area (Å²) in [5.41, 5.74) is 0.786. The molecule has 0 aliphatic rings.